The zero-order valence-corrected chi connectivity index (χ0v) is 17.8. The summed E-state index contributed by atoms with van der Waals surface area (Å²) in [7, 11) is 3.12. The number of pyridine rings is 1. The molecule has 9 heteroatoms. The minimum absolute atomic E-state index is 0.141. The number of aromatic amines is 2. The molecule has 0 bridgehead atoms. The van der Waals surface area contributed by atoms with Crippen molar-refractivity contribution in [2.24, 2.45) is 0 Å². The maximum atomic E-state index is 13.7. The van der Waals surface area contributed by atoms with E-state index in [1.807, 2.05) is 6.07 Å². The van der Waals surface area contributed by atoms with Gasteiger partial charge in [0.2, 0.25) is 0 Å². The van der Waals surface area contributed by atoms with E-state index in [-0.39, 0.29) is 17.4 Å². The highest BCUT2D eigenvalue weighted by atomic mass is 19.1. The largest absolute Gasteiger partial charge is 0.493 e. The van der Waals surface area contributed by atoms with Crippen LogP contribution in [0.1, 0.15) is 12.8 Å². The van der Waals surface area contributed by atoms with E-state index in [4.69, 9.17) is 9.47 Å². The van der Waals surface area contributed by atoms with Crippen molar-refractivity contribution < 1.29 is 13.9 Å². The van der Waals surface area contributed by atoms with Gasteiger partial charge in [-0.2, -0.15) is 0 Å². The highest BCUT2D eigenvalue weighted by Crippen LogP contribution is 2.38. The number of piperidine rings is 1. The number of nitrogens with zero attached hydrogens (tertiary/aromatic N) is 1. The average molecular weight is 437 g/mol. The van der Waals surface area contributed by atoms with Crippen LogP contribution >= 0.6 is 0 Å². The fraction of sp³-hybridized carbons (Fsp3) is 0.304. The SMILES string of the molecule is COc1cc2[nH]c(=O)c(-c3nc4ccc(F)cc4[nH]3)c(NC3CCCNC3)c2cc1OC. The lowest BCUT2D eigenvalue weighted by atomic mass is 10.0. The van der Waals surface area contributed by atoms with E-state index in [0.717, 1.165) is 31.3 Å². The fourth-order valence-electron chi connectivity index (χ4n) is 4.28. The molecule has 1 aliphatic rings. The number of rotatable bonds is 5. The number of halogens is 1. The first-order valence-electron chi connectivity index (χ1n) is 10.5. The Morgan fingerprint density at radius 2 is 1.91 bits per heavy atom. The van der Waals surface area contributed by atoms with Crippen LogP contribution in [0.25, 0.3) is 33.3 Å². The Morgan fingerprint density at radius 1 is 1.09 bits per heavy atom. The first-order valence-corrected chi connectivity index (χ1v) is 10.5. The van der Waals surface area contributed by atoms with E-state index < -0.39 is 0 Å². The zero-order valence-electron chi connectivity index (χ0n) is 17.8. The Hall–Kier alpha value is -3.59. The van der Waals surface area contributed by atoms with Gasteiger partial charge >= 0.3 is 0 Å². The molecule has 5 rings (SSSR count). The number of methoxy groups -OCH3 is 2. The van der Waals surface area contributed by atoms with E-state index >= 15 is 0 Å². The molecule has 2 aromatic carbocycles. The van der Waals surface area contributed by atoms with Gasteiger partial charge in [-0.1, -0.05) is 0 Å². The van der Waals surface area contributed by atoms with Crippen LogP contribution in [0.3, 0.4) is 0 Å². The van der Waals surface area contributed by atoms with Crippen molar-refractivity contribution in [3.8, 4) is 22.9 Å². The van der Waals surface area contributed by atoms with Crippen LogP contribution in [0.15, 0.2) is 35.1 Å². The molecule has 1 fully saturated rings. The third kappa shape index (κ3) is 3.54. The van der Waals surface area contributed by atoms with E-state index in [1.54, 1.807) is 26.4 Å². The zero-order chi connectivity index (χ0) is 22.2. The van der Waals surface area contributed by atoms with Gasteiger partial charge in [0.15, 0.2) is 11.5 Å². The van der Waals surface area contributed by atoms with Gasteiger partial charge in [-0.05, 0) is 43.7 Å². The molecule has 8 nitrogen and oxygen atoms in total. The summed E-state index contributed by atoms with van der Waals surface area (Å²) in [5, 5.41) is 7.72. The lowest BCUT2D eigenvalue weighted by Gasteiger charge is -2.26. The van der Waals surface area contributed by atoms with Crippen LogP contribution in [0.2, 0.25) is 0 Å². The van der Waals surface area contributed by atoms with Gasteiger partial charge in [-0.3, -0.25) is 4.79 Å². The van der Waals surface area contributed by atoms with Crippen LogP contribution < -0.4 is 25.7 Å². The lowest BCUT2D eigenvalue weighted by molar-refractivity contribution is 0.356. The average Bonchev–Trinajstić information content (AvgIpc) is 3.21. The summed E-state index contributed by atoms with van der Waals surface area (Å²) in [6.07, 6.45) is 2.01. The molecule has 2 aromatic heterocycles. The molecular weight excluding hydrogens is 413 g/mol. The summed E-state index contributed by atoms with van der Waals surface area (Å²) in [6, 6.07) is 8.04. The third-order valence-electron chi connectivity index (χ3n) is 5.84. The van der Waals surface area contributed by atoms with Gasteiger partial charge in [0.1, 0.15) is 17.2 Å². The molecule has 3 heterocycles. The quantitative estimate of drug-likeness (QED) is 0.382. The summed E-state index contributed by atoms with van der Waals surface area (Å²) in [5.41, 5.74) is 2.43. The minimum Gasteiger partial charge on any atom is -0.493 e. The highest BCUT2D eigenvalue weighted by molar-refractivity contribution is 6.00. The van der Waals surface area contributed by atoms with Gasteiger partial charge in [0.05, 0.1) is 36.5 Å². The number of hydrogen-bond acceptors (Lipinski definition) is 6. The van der Waals surface area contributed by atoms with Gasteiger partial charge in [-0.25, -0.2) is 9.37 Å². The van der Waals surface area contributed by atoms with Crippen molar-refractivity contribution in [1.82, 2.24) is 20.3 Å². The number of benzene rings is 2. The van der Waals surface area contributed by atoms with Crippen LogP contribution in [-0.4, -0.2) is 48.3 Å². The van der Waals surface area contributed by atoms with Crippen LogP contribution in [-0.2, 0) is 0 Å². The van der Waals surface area contributed by atoms with Gasteiger partial charge in [0.25, 0.3) is 5.56 Å². The van der Waals surface area contributed by atoms with Gasteiger partial charge in [-0.15, -0.1) is 0 Å². The smallest absolute Gasteiger partial charge is 0.261 e. The predicted octanol–water partition coefficient (Wildman–Crippen LogP) is 3.39. The van der Waals surface area contributed by atoms with Crippen LogP contribution in [0.4, 0.5) is 10.1 Å². The number of anilines is 1. The Labute approximate surface area is 183 Å². The predicted molar refractivity (Wildman–Crippen MR) is 122 cm³/mol. The second kappa shape index (κ2) is 8.16. The maximum absolute atomic E-state index is 13.7. The monoisotopic (exact) mass is 437 g/mol. The van der Waals surface area contributed by atoms with E-state index in [1.165, 1.54) is 12.1 Å². The number of H-pyrrole nitrogens is 2. The van der Waals surface area contributed by atoms with E-state index in [9.17, 15) is 9.18 Å². The second-order valence-electron chi connectivity index (χ2n) is 7.89. The van der Waals surface area contributed by atoms with Crippen LogP contribution in [0, 0.1) is 5.82 Å². The first-order chi connectivity index (χ1) is 15.6. The molecule has 4 aromatic rings. The molecule has 1 saturated heterocycles. The third-order valence-corrected chi connectivity index (χ3v) is 5.84. The normalized spacial score (nSPS) is 16.4. The van der Waals surface area contributed by atoms with Crippen molar-refractivity contribution >= 4 is 27.6 Å². The minimum atomic E-state index is -0.372. The van der Waals surface area contributed by atoms with E-state index in [2.05, 4.69) is 25.6 Å². The topological polar surface area (TPSA) is 104 Å². The number of nitrogens with one attached hydrogen (secondary N) is 4. The summed E-state index contributed by atoms with van der Waals surface area (Å²) < 4.78 is 24.6. The molecule has 166 valence electrons. The molecule has 0 spiro atoms. The molecule has 32 heavy (non-hydrogen) atoms. The summed E-state index contributed by atoms with van der Waals surface area (Å²) in [4.78, 5) is 23.9. The Kier molecular flexibility index (Phi) is 5.18. The van der Waals surface area contributed by atoms with Crippen molar-refractivity contribution in [3.63, 3.8) is 0 Å². The number of imidazole rings is 1. The number of fused-ring (bicyclic) bond motifs is 2. The van der Waals surface area contributed by atoms with Crippen molar-refractivity contribution in [2.45, 2.75) is 18.9 Å². The molecule has 1 atom stereocenters. The highest BCUT2D eigenvalue weighted by Gasteiger charge is 2.23. The Morgan fingerprint density at radius 3 is 2.66 bits per heavy atom. The van der Waals surface area contributed by atoms with Crippen LogP contribution in [0.5, 0.6) is 11.5 Å². The number of aromatic nitrogens is 3. The first kappa shape index (κ1) is 20.3. The molecule has 0 radical (unpaired) electrons. The molecule has 0 saturated carbocycles. The Balaban J connectivity index is 1.76. The molecule has 1 unspecified atom stereocenters. The standard InChI is InChI=1S/C23H24FN5O3/c1-31-18-9-14-16(10-19(18)32-2)29-23(30)20(21(14)26-13-4-3-7-25-11-13)22-27-15-6-5-12(24)8-17(15)28-22/h5-6,8-10,13,25H,3-4,7,11H2,1-2H3,(H,27,28)(H2,26,29,30). The molecule has 1 aliphatic heterocycles. The lowest BCUT2D eigenvalue weighted by Crippen LogP contribution is -2.38. The van der Waals surface area contributed by atoms with Crippen molar-refractivity contribution in [1.29, 1.82) is 0 Å². The summed E-state index contributed by atoms with van der Waals surface area (Å²) in [5.74, 6) is 1.07. The Bertz CT molecular complexity index is 1360. The maximum Gasteiger partial charge on any atom is 0.261 e. The molecular formula is C23H24FN5O3. The summed E-state index contributed by atoms with van der Waals surface area (Å²) in [6.45, 7) is 1.76. The van der Waals surface area contributed by atoms with E-state index in [0.29, 0.717) is 45.1 Å². The van der Waals surface area contributed by atoms with Crippen molar-refractivity contribution in [2.75, 3.05) is 32.6 Å². The number of ether oxygens (including phenoxy) is 2. The second-order valence-corrected chi connectivity index (χ2v) is 7.89. The molecule has 0 amide bonds. The molecule has 0 aliphatic carbocycles. The van der Waals surface area contributed by atoms with Gasteiger partial charge < -0.3 is 30.1 Å². The number of hydrogen-bond donors (Lipinski definition) is 4. The summed E-state index contributed by atoms with van der Waals surface area (Å²) >= 11 is 0. The van der Waals surface area contributed by atoms with Gasteiger partial charge in [0, 0.05) is 24.0 Å². The molecule has 4 N–H and O–H groups in total. The van der Waals surface area contributed by atoms with Crippen molar-refractivity contribution in [3.05, 3.63) is 46.5 Å². The fourth-order valence-corrected chi connectivity index (χ4v) is 4.28.